The van der Waals surface area contributed by atoms with Gasteiger partial charge < -0.3 is 9.64 Å². The van der Waals surface area contributed by atoms with Crippen molar-refractivity contribution in [3.63, 3.8) is 0 Å². The van der Waals surface area contributed by atoms with Crippen LogP contribution in [0.3, 0.4) is 0 Å². The number of fused-ring (bicyclic) bond motifs is 2. The molecule has 1 N–H and O–H groups in total. The molecule has 0 saturated carbocycles. The molecule has 6 nitrogen and oxygen atoms in total. The second kappa shape index (κ2) is 7.74. The number of hydrogen-bond donors (Lipinski definition) is 1. The van der Waals surface area contributed by atoms with E-state index in [2.05, 4.69) is 11.3 Å². The highest BCUT2D eigenvalue weighted by Gasteiger charge is 2.37. The van der Waals surface area contributed by atoms with Gasteiger partial charge in [0.25, 0.3) is 10.0 Å². The number of hydrogen-bond acceptors (Lipinski definition) is 4. The zero-order chi connectivity index (χ0) is 22.2. The van der Waals surface area contributed by atoms with Gasteiger partial charge in [0.1, 0.15) is 12.4 Å². The summed E-state index contributed by atoms with van der Waals surface area (Å²) < 4.78 is 34.9. The van der Waals surface area contributed by atoms with Crippen molar-refractivity contribution in [3.8, 4) is 5.75 Å². The first-order valence-corrected chi connectivity index (χ1v) is 11.4. The van der Waals surface area contributed by atoms with Crippen LogP contribution in [0.1, 0.15) is 13.8 Å². The Morgan fingerprint density at radius 1 is 1.13 bits per heavy atom. The fourth-order valence-electron chi connectivity index (χ4n) is 3.66. The van der Waals surface area contributed by atoms with E-state index in [4.69, 9.17) is 4.74 Å². The summed E-state index contributed by atoms with van der Waals surface area (Å²) in [6.07, 6.45) is 1.63. The summed E-state index contributed by atoms with van der Waals surface area (Å²) >= 11 is 0. The van der Waals surface area contributed by atoms with Gasteiger partial charge in [-0.25, -0.2) is 8.42 Å². The van der Waals surface area contributed by atoms with Crippen molar-refractivity contribution < 1.29 is 17.9 Å². The lowest BCUT2D eigenvalue weighted by Gasteiger charge is -2.27. The molecule has 7 heteroatoms. The van der Waals surface area contributed by atoms with Gasteiger partial charge in [-0.1, -0.05) is 42.5 Å². The Kier molecular flexibility index (Phi) is 5.23. The van der Waals surface area contributed by atoms with Gasteiger partial charge in [-0.2, -0.15) is 0 Å². The summed E-state index contributed by atoms with van der Waals surface area (Å²) in [4.78, 5) is 14.8. The minimum absolute atomic E-state index is 0.111. The molecule has 0 fully saturated rings. The van der Waals surface area contributed by atoms with Crippen LogP contribution in [0, 0.1) is 5.41 Å². The molecule has 0 aliphatic carbocycles. The Hall–Kier alpha value is -3.32. The predicted octanol–water partition coefficient (Wildman–Crippen LogP) is 4.58. The van der Waals surface area contributed by atoms with Crippen LogP contribution < -0.4 is 14.4 Å². The van der Waals surface area contributed by atoms with Gasteiger partial charge >= 0.3 is 0 Å². The molecule has 0 aromatic heterocycles. The summed E-state index contributed by atoms with van der Waals surface area (Å²) in [5.74, 6) is 0.411. The first-order chi connectivity index (χ1) is 14.7. The highest BCUT2D eigenvalue weighted by molar-refractivity contribution is 7.93. The standard InChI is InChI=1S/C24H24N2O4S/c1-4-14-26-20-15-18(12-13-21(20)30-16-24(2,3)23(26)27)25-31(28,29)22-11-7-9-17-8-5-6-10-19(17)22/h4-13,15,25H,1,14,16H2,2-3H3. The molecule has 31 heavy (non-hydrogen) atoms. The minimum Gasteiger partial charge on any atom is -0.490 e. The molecule has 160 valence electrons. The number of nitrogens with one attached hydrogen (secondary N) is 1. The van der Waals surface area contributed by atoms with Crippen molar-refractivity contribution in [1.82, 2.24) is 0 Å². The Morgan fingerprint density at radius 2 is 1.87 bits per heavy atom. The number of benzene rings is 3. The van der Waals surface area contributed by atoms with Gasteiger partial charge in [-0.05, 0) is 43.5 Å². The lowest BCUT2D eigenvalue weighted by atomic mass is 9.93. The van der Waals surface area contributed by atoms with Gasteiger partial charge in [0.05, 0.1) is 21.7 Å². The maximum Gasteiger partial charge on any atom is 0.262 e. The van der Waals surface area contributed by atoms with E-state index in [1.807, 2.05) is 38.1 Å². The number of rotatable bonds is 5. The molecule has 1 aliphatic rings. The fraction of sp³-hybridized carbons (Fsp3) is 0.208. The summed E-state index contributed by atoms with van der Waals surface area (Å²) in [5, 5.41) is 1.48. The van der Waals surface area contributed by atoms with Crippen molar-refractivity contribution in [2.24, 2.45) is 5.41 Å². The predicted molar refractivity (Wildman–Crippen MR) is 123 cm³/mol. The third-order valence-electron chi connectivity index (χ3n) is 5.27. The highest BCUT2D eigenvalue weighted by atomic mass is 32.2. The molecule has 0 saturated heterocycles. The smallest absolute Gasteiger partial charge is 0.262 e. The number of amides is 1. The van der Waals surface area contributed by atoms with Crippen LogP contribution in [0.5, 0.6) is 5.75 Å². The molecule has 4 rings (SSSR count). The van der Waals surface area contributed by atoms with Crippen LogP contribution >= 0.6 is 0 Å². The molecule has 0 atom stereocenters. The number of carbonyl (C=O) groups excluding carboxylic acids is 1. The minimum atomic E-state index is -3.86. The molecular formula is C24H24N2O4S. The van der Waals surface area contributed by atoms with Crippen LogP contribution in [-0.2, 0) is 14.8 Å². The van der Waals surface area contributed by atoms with Crippen molar-refractivity contribution >= 4 is 38.1 Å². The van der Waals surface area contributed by atoms with Crippen LogP contribution in [0.25, 0.3) is 10.8 Å². The normalized spacial score (nSPS) is 15.7. The first kappa shape index (κ1) is 20.9. The Bertz CT molecular complexity index is 1280. The zero-order valence-corrected chi connectivity index (χ0v) is 18.3. The van der Waals surface area contributed by atoms with Gasteiger partial charge in [0.2, 0.25) is 5.91 Å². The van der Waals surface area contributed by atoms with E-state index in [1.54, 1.807) is 47.4 Å². The topological polar surface area (TPSA) is 75.7 Å². The molecule has 3 aromatic carbocycles. The van der Waals surface area contributed by atoms with Crippen LogP contribution in [0.4, 0.5) is 11.4 Å². The van der Waals surface area contributed by atoms with E-state index < -0.39 is 15.4 Å². The molecule has 0 spiro atoms. The average molecular weight is 437 g/mol. The van der Waals surface area contributed by atoms with Gasteiger partial charge in [-0.15, -0.1) is 6.58 Å². The monoisotopic (exact) mass is 436 g/mol. The van der Waals surface area contributed by atoms with E-state index >= 15 is 0 Å². The van der Waals surface area contributed by atoms with Crippen LogP contribution in [0.2, 0.25) is 0 Å². The Morgan fingerprint density at radius 3 is 2.65 bits per heavy atom. The quantitative estimate of drug-likeness (QED) is 0.594. The third-order valence-corrected chi connectivity index (χ3v) is 6.70. The average Bonchev–Trinajstić information content (AvgIpc) is 2.83. The number of anilines is 2. The fourth-order valence-corrected chi connectivity index (χ4v) is 4.94. The number of carbonyl (C=O) groups is 1. The number of nitrogens with zero attached hydrogens (tertiary/aromatic N) is 1. The highest BCUT2D eigenvalue weighted by Crippen LogP contribution is 2.38. The molecule has 0 unspecified atom stereocenters. The van der Waals surface area contributed by atoms with Crippen LogP contribution in [-0.4, -0.2) is 27.5 Å². The van der Waals surface area contributed by atoms with Gasteiger partial charge in [0.15, 0.2) is 0 Å². The van der Waals surface area contributed by atoms with E-state index in [9.17, 15) is 13.2 Å². The summed E-state index contributed by atoms with van der Waals surface area (Å²) in [7, 11) is -3.86. The molecule has 1 aliphatic heterocycles. The van der Waals surface area contributed by atoms with Crippen molar-refractivity contribution in [2.45, 2.75) is 18.7 Å². The van der Waals surface area contributed by atoms with Crippen molar-refractivity contribution in [1.29, 1.82) is 0 Å². The summed E-state index contributed by atoms with van der Waals surface area (Å²) in [5.41, 5.74) is 0.135. The largest absolute Gasteiger partial charge is 0.490 e. The maximum atomic E-state index is 13.2. The lowest BCUT2D eigenvalue weighted by molar-refractivity contribution is -0.127. The van der Waals surface area contributed by atoms with Crippen molar-refractivity contribution in [2.75, 3.05) is 22.8 Å². The molecule has 3 aromatic rings. The first-order valence-electron chi connectivity index (χ1n) is 9.93. The van der Waals surface area contributed by atoms with E-state index in [0.717, 1.165) is 5.39 Å². The molecule has 0 radical (unpaired) electrons. The second-order valence-electron chi connectivity index (χ2n) is 8.14. The Labute approximate surface area is 182 Å². The molecule has 0 bridgehead atoms. The lowest BCUT2D eigenvalue weighted by Crippen LogP contribution is -2.42. The molecular weight excluding hydrogens is 412 g/mol. The Balaban J connectivity index is 1.75. The van der Waals surface area contributed by atoms with E-state index in [-0.39, 0.29) is 24.0 Å². The van der Waals surface area contributed by atoms with E-state index in [0.29, 0.717) is 22.5 Å². The van der Waals surface area contributed by atoms with Crippen molar-refractivity contribution in [3.05, 3.63) is 73.3 Å². The maximum absolute atomic E-state index is 13.2. The summed E-state index contributed by atoms with van der Waals surface area (Å²) in [6.45, 7) is 7.91. The van der Waals surface area contributed by atoms with Gasteiger partial charge in [-0.3, -0.25) is 9.52 Å². The molecule has 1 amide bonds. The van der Waals surface area contributed by atoms with E-state index in [1.165, 1.54) is 0 Å². The third kappa shape index (κ3) is 3.88. The van der Waals surface area contributed by atoms with Crippen LogP contribution in [0.15, 0.2) is 78.2 Å². The summed E-state index contributed by atoms with van der Waals surface area (Å²) in [6, 6.07) is 17.4. The second-order valence-corrected chi connectivity index (χ2v) is 9.79. The number of sulfonamides is 1. The van der Waals surface area contributed by atoms with Gasteiger partial charge in [0, 0.05) is 11.9 Å². The molecule has 1 heterocycles. The zero-order valence-electron chi connectivity index (χ0n) is 17.5. The number of ether oxygens (including phenoxy) is 1. The SMILES string of the molecule is C=CCN1C(=O)C(C)(C)COc2ccc(NS(=O)(=O)c3cccc4ccccc34)cc21.